The molecule has 1 amide bonds. The molecule has 7 heteroatoms. The lowest BCUT2D eigenvalue weighted by Gasteiger charge is -2.29. The van der Waals surface area contributed by atoms with Crippen LogP contribution in [0.25, 0.3) is 0 Å². The van der Waals surface area contributed by atoms with Crippen LogP contribution in [0.4, 0.5) is 0 Å². The van der Waals surface area contributed by atoms with Gasteiger partial charge >= 0.3 is 0 Å². The molecule has 1 aliphatic heterocycles. The number of hydrogen-bond acceptors (Lipinski definition) is 6. The number of hydrogen-bond donors (Lipinski definition) is 2. The maximum atomic E-state index is 12.8. The number of unbranched alkanes of at least 4 members (excludes halogenated alkanes) is 1. The monoisotopic (exact) mass is 524 g/mol. The van der Waals surface area contributed by atoms with Crippen LogP contribution >= 0.6 is 0 Å². The van der Waals surface area contributed by atoms with Crippen molar-refractivity contribution in [3.63, 3.8) is 0 Å². The van der Waals surface area contributed by atoms with Crippen LogP contribution in [-0.2, 0) is 4.79 Å². The van der Waals surface area contributed by atoms with Crippen molar-refractivity contribution in [2.24, 2.45) is 5.92 Å². The van der Waals surface area contributed by atoms with E-state index < -0.39 is 12.1 Å². The summed E-state index contributed by atoms with van der Waals surface area (Å²) in [5, 5.41) is 14.3. The molecule has 0 spiro atoms. The minimum absolute atomic E-state index is 0.0620. The molecule has 38 heavy (non-hydrogen) atoms. The fraction of sp³-hybridized carbons (Fsp3) is 0.548. The summed E-state index contributed by atoms with van der Waals surface area (Å²) in [6, 6.07) is 14.2. The van der Waals surface area contributed by atoms with Crippen molar-refractivity contribution in [1.29, 1.82) is 0 Å². The SMILES string of the molecule is CC[C@H](C)COc1ccc([C@@H](O)[C@@H](CN2CCCC2)NC(=O)CCCCC(=O)c2ccc(OC)cc2)cc1. The third kappa shape index (κ3) is 9.44. The number of ether oxygens (including phenoxy) is 2. The Morgan fingerprint density at radius 3 is 2.24 bits per heavy atom. The fourth-order valence-corrected chi connectivity index (χ4v) is 4.59. The minimum Gasteiger partial charge on any atom is -0.497 e. The molecule has 2 aromatic rings. The third-order valence-corrected chi connectivity index (χ3v) is 7.30. The van der Waals surface area contributed by atoms with Crippen molar-refractivity contribution < 1.29 is 24.2 Å². The molecule has 2 N–H and O–H groups in total. The second kappa shape index (κ2) is 15.5. The molecule has 0 aromatic heterocycles. The number of ketones is 1. The van der Waals surface area contributed by atoms with E-state index in [1.807, 2.05) is 24.3 Å². The van der Waals surface area contributed by atoms with Gasteiger partial charge in [0.15, 0.2) is 5.78 Å². The molecular weight excluding hydrogens is 480 g/mol. The molecule has 0 aliphatic carbocycles. The Kier molecular flexibility index (Phi) is 12.1. The van der Waals surface area contributed by atoms with Crippen LogP contribution < -0.4 is 14.8 Å². The number of Topliss-reactive ketones (excluding diaryl/α,β-unsaturated/α-hetero) is 1. The summed E-state index contributed by atoms with van der Waals surface area (Å²) in [7, 11) is 1.59. The highest BCUT2D eigenvalue weighted by Crippen LogP contribution is 2.23. The zero-order chi connectivity index (χ0) is 27.3. The summed E-state index contributed by atoms with van der Waals surface area (Å²) in [5.74, 6) is 1.95. The summed E-state index contributed by atoms with van der Waals surface area (Å²) in [4.78, 5) is 27.5. The van der Waals surface area contributed by atoms with E-state index in [0.29, 0.717) is 50.3 Å². The number of likely N-dealkylation sites (tertiary alicyclic amines) is 1. The molecule has 1 saturated heterocycles. The maximum absolute atomic E-state index is 12.8. The second-order valence-corrected chi connectivity index (χ2v) is 10.4. The number of benzene rings is 2. The summed E-state index contributed by atoms with van der Waals surface area (Å²) in [6.07, 6.45) is 4.49. The fourth-order valence-electron chi connectivity index (χ4n) is 4.59. The molecule has 208 valence electrons. The molecule has 0 bridgehead atoms. The molecular formula is C31H44N2O5. The van der Waals surface area contributed by atoms with Crippen molar-refractivity contribution in [3.05, 3.63) is 59.7 Å². The zero-order valence-corrected chi connectivity index (χ0v) is 23.2. The number of carbonyl (C=O) groups is 2. The van der Waals surface area contributed by atoms with Crippen LogP contribution in [0.5, 0.6) is 11.5 Å². The Bertz CT molecular complexity index is 986. The minimum atomic E-state index is -0.820. The molecule has 2 aromatic carbocycles. The smallest absolute Gasteiger partial charge is 0.220 e. The number of aliphatic hydroxyl groups excluding tert-OH is 1. The first-order chi connectivity index (χ1) is 18.4. The van der Waals surface area contributed by atoms with Crippen molar-refractivity contribution in [1.82, 2.24) is 10.2 Å². The number of nitrogens with zero attached hydrogens (tertiary/aromatic N) is 1. The van der Waals surface area contributed by atoms with Crippen LogP contribution in [0.1, 0.15) is 80.8 Å². The van der Waals surface area contributed by atoms with Gasteiger partial charge in [-0.1, -0.05) is 32.4 Å². The van der Waals surface area contributed by atoms with Gasteiger partial charge in [0.1, 0.15) is 17.6 Å². The van der Waals surface area contributed by atoms with Crippen LogP contribution in [-0.4, -0.2) is 61.1 Å². The molecule has 1 aliphatic rings. The highest BCUT2D eigenvalue weighted by atomic mass is 16.5. The molecule has 3 rings (SSSR count). The lowest BCUT2D eigenvalue weighted by molar-refractivity contribution is -0.123. The Morgan fingerprint density at radius 2 is 1.61 bits per heavy atom. The highest BCUT2D eigenvalue weighted by Gasteiger charge is 2.26. The van der Waals surface area contributed by atoms with E-state index >= 15 is 0 Å². The Hall–Kier alpha value is -2.90. The van der Waals surface area contributed by atoms with E-state index in [1.54, 1.807) is 31.4 Å². The predicted molar refractivity (Wildman–Crippen MR) is 150 cm³/mol. The van der Waals surface area contributed by atoms with Gasteiger partial charge in [0.05, 0.1) is 19.8 Å². The summed E-state index contributed by atoms with van der Waals surface area (Å²) >= 11 is 0. The maximum Gasteiger partial charge on any atom is 0.220 e. The Balaban J connectivity index is 1.50. The molecule has 0 unspecified atom stereocenters. The van der Waals surface area contributed by atoms with Crippen molar-refractivity contribution in [2.75, 3.05) is 33.4 Å². The molecule has 0 saturated carbocycles. The average molecular weight is 525 g/mol. The number of methoxy groups -OCH3 is 1. The predicted octanol–water partition coefficient (Wildman–Crippen LogP) is 5.18. The van der Waals surface area contributed by atoms with Crippen molar-refractivity contribution in [3.8, 4) is 11.5 Å². The van der Waals surface area contributed by atoms with Gasteiger partial charge in [0.25, 0.3) is 0 Å². The van der Waals surface area contributed by atoms with Gasteiger partial charge in [-0.25, -0.2) is 0 Å². The number of aliphatic hydroxyl groups is 1. The van der Waals surface area contributed by atoms with Crippen LogP contribution in [0, 0.1) is 5.92 Å². The van der Waals surface area contributed by atoms with Gasteiger partial charge < -0.3 is 24.8 Å². The Morgan fingerprint density at radius 1 is 0.974 bits per heavy atom. The van der Waals surface area contributed by atoms with Gasteiger partial charge in [-0.15, -0.1) is 0 Å². The molecule has 0 radical (unpaired) electrons. The molecule has 3 atom stereocenters. The topological polar surface area (TPSA) is 88.1 Å². The number of carbonyl (C=O) groups excluding carboxylic acids is 2. The van der Waals surface area contributed by atoms with Crippen molar-refractivity contribution in [2.45, 2.75) is 70.9 Å². The zero-order valence-electron chi connectivity index (χ0n) is 23.2. The van der Waals surface area contributed by atoms with Crippen LogP contribution in [0.15, 0.2) is 48.5 Å². The van der Waals surface area contributed by atoms with Gasteiger partial charge in [0, 0.05) is 24.9 Å². The van der Waals surface area contributed by atoms with Crippen molar-refractivity contribution >= 4 is 11.7 Å². The van der Waals surface area contributed by atoms with E-state index in [4.69, 9.17) is 9.47 Å². The average Bonchev–Trinajstić information content (AvgIpc) is 3.46. The normalized spacial score (nSPS) is 16.0. The molecule has 1 fully saturated rings. The van der Waals surface area contributed by atoms with Gasteiger partial charge in [0.2, 0.25) is 5.91 Å². The quantitative estimate of drug-likeness (QED) is 0.232. The first-order valence-corrected chi connectivity index (χ1v) is 14.0. The molecule has 7 nitrogen and oxygen atoms in total. The van der Waals surface area contributed by atoms with E-state index in [0.717, 1.165) is 49.4 Å². The highest BCUT2D eigenvalue weighted by molar-refractivity contribution is 5.96. The van der Waals surface area contributed by atoms with Gasteiger partial charge in [-0.3, -0.25) is 9.59 Å². The van der Waals surface area contributed by atoms with E-state index in [-0.39, 0.29) is 11.7 Å². The van der Waals surface area contributed by atoms with Crippen LogP contribution in [0.3, 0.4) is 0 Å². The van der Waals surface area contributed by atoms with Crippen LogP contribution in [0.2, 0.25) is 0 Å². The standard InChI is InChI=1S/C31H44N2O5/c1-4-23(2)22-38-27-17-13-25(14-18-27)31(36)28(21-33-19-7-8-20-33)32-30(35)10-6-5-9-29(34)24-11-15-26(37-3)16-12-24/h11-18,23,28,31,36H,4-10,19-22H2,1-3H3,(H,32,35)/t23-,28+,31+/m0/s1. The number of rotatable bonds is 16. The summed E-state index contributed by atoms with van der Waals surface area (Å²) in [5.41, 5.74) is 1.41. The summed E-state index contributed by atoms with van der Waals surface area (Å²) in [6.45, 7) is 7.53. The second-order valence-electron chi connectivity index (χ2n) is 10.4. The molecule has 1 heterocycles. The number of amides is 1. The number of nitrogens with one attached hydrogen (secondary N) is 1. The first-order valence-electron chi connectivity index (χ1n) is 14.0. The first kappa shape index (κ1) is 29.7. The van der Waals surface area contributed by atoms with E-state index in [2.05, 4.69) is 24.1 Å². The lowest BCUT2D eigenvalue weighted by Crippen LogP contribution is -2.46. The van der Waals surface area contributed by atoms with Gasteiger partial charge in [-0.05, 0) is 86.7 Å². The lowest BCUT2D eigenvalue weighted by atomic mass is 10.0. The third-order valence-electron chi connectivity index (χ3n) is 7.30. The van der Waals surface area contributed by atoms with E-state index in [1.165, 1.54) is 0 Å². The Labute approximate surface area is 227 Å². The summed E-state index contributed by atoms with van der Waals surface area (Å²) < 4.78 is 11.0. The largest absolute Gasteiger partial charge is 0.497 e. The van der Waals surface area contributed by atoms with E-state index in [9.17, 15) is 14.7 Å². The van der Waals surface area contributed by atoms with Gasteiger partial charge in [-0.2, -0.15) is 0 Å².